The SMILES string of the molecule is CC(CCn1cccn1)Nc1nc(C(C)C)nc2c1CCNC2=O. The third-order valence-electron chi connectivity index (χ3n) is 4.15. The van der Waals surface area contributed by atoms with Crippen LogP contribution in [0.3, 0.4) is 0 Å². The highest BCUT2D eigenvalue weighted by Crippen LogP contribution is 2.24. The van der Waals surface area contributed by atoms with Gasteiger partial charge in [-0.05, 0) is 25.8 Å². The fourth-order valence-electron chi connectivity index (χ4n) is 2.75. The Balaban J connectivity index is 1.79. The van der Waals surface area contributed by atoms with Crippen molar-refractivity contribution in [2.24, 2.45) is 0 Å². The third-order valence-corrected chi connectivity index (χ3v) is 4.15. The average molecular weight is 328 g/mol. The summed E-state index contributed by atoms with van der Waals surface area (Å²) in [5, 5.41) is 10.6. The number of amides is 1. The molecule has 0 saturated carbocycles. The lowest BCUT2D eigenvalue weighted by Crippen LogP contribution is -2.35. The molecule has 2 aromatic heterocycles. The first-order valence-corrected chi connectivity index (χ1v) is 8.47. The first-order chi connectivity index (χ1) is 11.5. The smallest absolute Gasteiger partial charge is 0.270 e. The number of carbonyl (C=O) groups excluding carboxylic acids is 1. The van der Waals surface area contributed by atoms with Gasteiger partial charge in [-0.1, -0.05) is 13.8 Å². The molecule has 0 fully saturated rings. The van der Waals surface area contributed by atoms with E-state index in [2.05, 4.69) is 32.6 Å². The van der Waals surface area contributed by atoms with Crippen LogP contribution in [0, 0.1) is 0 Å². The second-order valence-corrected chi connectivity index (χ2v) is 6.52. The molecular weight excluding hydrogens is 304 g/mol. The minimum Gasteiger partial charge on any atom is -0.367 e. The van der Waals surface area contributed by atoms with Crippen LogP contribution < -0.4 is 10.6 Å². The van der Waals surface area contributed by atoms with Gasteiger partial charge in [-0.3, -0.25) is 9.48 Å². The Kier molecular flexibility index (Phi) is 4.78. The Morgan fingerprint density at radius 1 is 1.33 bits per heavy atom. The number of hydrogen-bond donors (Lipinski definition) is 2. The quantitative estimate of drug-likeness (QED) is 0.847. The van der Waals surface area contributed by atoms with E-state index in [1.54, 1.807) is 6.20 Å². The molecule has 0 aromatic carbocycles. The molecule has 0 spiro atoms. The van der Waals surface area contributed by atoms with E-state index in [9.17, 15) is 4.79 Å². The first kappa shape index (κ1) is 16.4. The Morgan fingerprint density at radius 3 is 2.88 bits per heavy atom. The number of fused-ring (bicyclic) bond motifs is 1. The summed E-state index contributed by atoms with van der Waals surface area (Å²) in [5.74, 6) is 1.57. The lowest BCUT2D eigenvalue weighted by molar-refractivity contribution is 0.0940. The van der Waals surface area contributed by atoms with Crippen LogP contribution >= 0.6 is 0 Å². The molecule has 1 aliphatic heterocycles. The maximum atomic E-state index is 12.1. The van der Waals surface area contributed by atoms with Crippen molar-refractivity contribution in [3.63, 3.8) is 0 Å². The highest BCUT2D eigenvalue weighted by atomic mass is 16.1. The van der Waals surface area contributed by atoms with Gasteiger partial charge in [-0.15, -0.1) is 0 Å². The Labute approximate surface area is 141 Å². The standard InChI is InChI=1S/C17H24N6O/c1-11(2)15-21-14-13(5-8-18-17(14)24)16(22-15)20-12(3)6-10-23-9-4-7-19-23/h4,7,9,11-12H,5-6,8,10H2,1-3H3,(H,18,24)(H,20,21,22). The molecule has 1 unspecified atom stereocenters. The molecule has 128 valence electrons. The van der Waals surface area contributed by atoms with E-state index in [4.69, 9.17) is 0 Å². The molecule has 0 saturated heterocycles. The number of aromatic nitrogens is 4. The Morgan fingerprint density at radius 2 is 2.17 bits per heavy atom. The van der Waals surface area contributed by atoms with E-state index >= 15 is 0 Å². The van der Waals surface area contributed by atoms with E-state index < -0.39 is 0 Å². The molecule has 3 rings (SSSR count). The third kappa shape index (κ3) is 3.55. The number of aryl methyl sites for hydroxylation is 1. The van der Waals surface area contributed by atoms with Crippen molar-refractivity contribution in [2.75, 3.05) is 11.9 Å². The predicted octanol–water partition coefficient (Wildman–Crippen LogP) is 1.97. The van der Waals surface area contributed by atoms with Crippen molar-refractivity contribution < 1.29 is 4.79 Å². The number of nitrogens with zero attached hydrogens (tertiary/aromatic N) is 4. The van der Waals surface area contributed by atoms with Gasteiger partial charge in [0, 0.05) is 43.0 Å². The van der Waals surface area contributed by atoms with E-state index in [1.807, 2.05) is 30.8 Å². The molecule has 0 radical (unpaired) electrons. The van der Waals surface area contributed by atoms with Crippen molar-refractivity contribution in [3.05, 3.63) is 35.5 Å². The molecule has 1 aliphatic rings. The van der Waals surface area contributed by atoms with Crippen LogP contribution in [-0.2, 0) is 13.0 Å². The van der Waals surface area contributed by atoms with Crippen LogP contribution in [0.25, 0.3) is 0 Å². The first-order valence-electron chi connectivity index (χ1n) is 8.47. The summed E-state index contributed by atoms with van der Waals surface area (Å²) in [6.45, 7) is 7.66. The molecule has 7 nitrogen and oxygen atoms in total. The average Bonchev–Trinajstić information content (AvgIpc) is 3.07. The molecule has 2 N–H and O–H groups in total. The van der Waals surface area contributed by atoms with Crippen molar-refractivity contribution in [1.82, 2.24) is 25.1 Å². The zero-order valence-corrected chi connectivity index (χ0v) is 14.4. The van der Waals surface area contributed by atoms with Crippen LogP contribution in [0.5, 0.6) is 0 Å². The number of nitrogens with one attached hydrogen (secondary N) is 2. The molecule has 7 heteroatoms. The van der Waals surface area contributed by atoms with Crippen LogP contribution in [0.4, 0.5) is 5.82 Å². The van der Waals surface area contributed by atoms with E-state index in [0.29, 0.717) is 18.1 Å². The molecule has 1 atom stereocenters. The van der Waals surface area contributed by atoms with Crippen molar-refractivity contribution in [2.45, 2.75) is 52.1 Å². The zero-order valence-electron chi connectivity index (χ0n) is 14.4. The second-order valence-electron chi connectivity index (χ2n) is 6.52. The maximum absolute atomic E-state index is 12.1. The van der Waals surface area contributed by atoms with Gasteiger partial charge < -0.3 is 10.6 Å². The van der Waals surface area contributed by atoms with Gasteiger partial charge in [0.25, 0.3) is 5.91 Å². The number of rotatable bonds is 6. The van der Waals surface area contributed by atoms with E-state index in [1.165, 1.54) is 0 Å². The summed E-state index contributed by atoms with van der Waals surface area (Å²) in [6.07, 6.45) is 5.42. The number of hydrogen-bond acceptors (Lipinski definition) is 5. The van der Waals surface area contributed by atoms with Crippen molar-refractivity contribution in [1.29, 1.82) is 0 Å². The summed E-state index contributed by atoms with van der Waals surface area (Å²) in [6, 6.07) is 2.14. The normalized spacial score (nSPS) is 15.1. The van der Waals surface area contributed by atoms with Gasteiger partial charge in [0.15, 0.2) is 0 Å². The van der Waals surface area contributed by atoms with Gasteiger partial charge >= 0.3 is 0 Å². The number of carbonyl (C=O) groups is 1. The highest BCUT2D eigenvalue weighted by Gasteiger charge is 2.24. The van der Waals surface area contributed by atoms with Crippen molar-refractivity contribution >= 4 is 11.7 Å². The number of anilines is 1. The predicted molar refractivity (Wildman–Crippen MR) is 92.1 cm³/mol. The lowest BCUT2D eigenvalue weighted by atomic mass is 10.0. The molecular formula is C17H24N6O. The summed E-state index contributed by atoms with van der Waals surface area (Å²) >= 11 is 0. The van der Waals surface area contributed by atoms with Crippen LogP contribution in [0.15, 0.2) is 18.5 Å². The van der Waals surface area contributed by atoms with Crippen LogP contribution in [0.2, 0.25) is 0 Å². The zero-order chi connectivity index (χ0) is 17.1. The molecule has 0 aliphatic carbocycles. The largest absolute Gasteiger partial charge is 0.367 e. The molecule has 24 heavy (non-hydrogen) atoms. The van der Waals surface area contributed by atoms with Crippen LogP contribution in [0.1, 0.15) is 55.0 Å². The van der Waals surface area contributed by atoms with Gasteiger partial charge in [0.1, 0.15) is 17.3 Å². The van der Waals surface area contributed by atoms with Crippen molar-refractivity contribution in [3.8, 4) is 0 Å². The monoisotopic (exact) mass is 328 g/mol. The highest BCUT2D eigenvalue weighted by molar-refractivity contribution is 5.96. The second kappa shape index (κ2) is 6.98. The van der Waals surface area contributed by atoms with Crippen LogP contribution in [-0.4, -0.2) is 38.2 Å². The molecule has 2 aromatic rings. The molecule has 1 amide bonds. The topological polar surface area (TPSA) is 84.7 Å². The summed E-state index contributed by atoms with van der Waals surface area (Å²) in [4.78, 5) is 21.3. The van der Waals surface area contributed by atoms with Gasteiger partial charge in [0.2, 0.25) is 0 Å². The summed E-state index contributed by atoms with van der Waals surface area (Å²) < 4.78 is 1.92. The van der Waals surface area contributed by atoms with Gasteiger partial charge in [-0.2, -0.15) is 5.10 Å². The Hall–Kier alpha value is -2.44. The van der Waals surface area contributed by atoms with E-state index in [0.717, 1.165) is 30.8 Å². The van der Waals surface area contributed by atoms with Gasteiger partial charge in [0.05, 0.1) is 0 Å². The fraction of sp³-hybridized carbons (Fsp3) is 0.529. The minimum atomic E-state index is -0.104. The van der Waals surface area contributed by atoms with Gasteiger partial charge in [-0.25, -0.2) is 9.97 Å². The lowest BCUT2D eigenvalue weighted by Gasteiger charge is -2.23. The minimum absolute atomic E-state index is 0.104. The maximum Gasteiger partial charge on any atom is 0.270 e. The molecule has 3 heterocycles. The summed E-state index contributed by atoms with van der Waals surface area (Å²) in [5.41, 5.74) is 1.44. The Bertz CT molecular complexity index is 710. The summed E-state index contributed by atoms with van der Waals surface area (Å²) in [7, 11) is 0. The molecule has 0 bridgehead atoms. The fourth-order valence-corrected chi connectivity index (χ4v) is 2.75. The van der Waals surface area contributed by atoms with E-state index in [-0.39, 0.29) is 17.9 Å².